The van der Waals surface area contributed by atoms with E-state index in [1.165, 1.54) is 6.08 Å². The van der Waals surface area contributed by atoms with Crippen molar-refractivity contribution in [3.05, 3.63) is 115 Å². The molecule has 4 nitrogen and oxygen atoms in total. The molecule has 1 N–H and O–H groups in total. The van der Waals surface area contributed by atoms with E-state index >= 15 is 0 Å². The molecule has 0 saturated carbocycles. The summed E-state index contributed by atoms with van der Waals surface area (Å²) in [5.74, 6) is -1.07. The predicted molar refractivity (Wildman–Crippen MR) is 130 cm³/mol. The summed E-state index contributed by atoms with van der Waals surface area (Å²) in [7, 11) is 3.75. The summed E-state index contributed by atoms with van der Waals surface area (Å²) in [6.07, 6.45) is 6.57. The lowest BCUT2D eigenvalue weighted by Crippen LogP contribution is -2.53. The minimum Gasteiger partial charge on any atom is -0.477 e. The Morgan fingerprint density at radius 2 is 1.42 bits per heavy atom. The fourth-order valence-electron chi connectivity index (χ4n) is 3.35. The van der Waals surface area contributed by atoms with Crippen LogP contribution in [-0.4, -0.2) is 43.0 Å². The first-order valence-corrected chi connectivity index (χ1v) is 10.1. The molecule has 0 radical (unpaired) electrons. The van der Waals surface area contributed by atoms with Crippen LogP contribution in [0.15, 0.2) is 114 Å². The number of carboxylic acids is 1. The molecule has 0 aromatic heterocycles. The summed E-state index contributed by atoms with van der Waals surface area (Å²) >= 11 is 0. The first-order valence-electron chi connectivity index (χ1n) is 10.1. The molecule has 5 heteroatoms. The van der Waals surface area contributed by atoms with E-state index < -0.39 is 5.97 Å². The van der Waals surface area contributed by atoms with Crippen LogP contribution in [0.4, 0.5) is 0 Å². The minimum atomic E-state index is -1.07. The van der Waals surface area contributed by atoms with Gasteiger partial charge >= 0.3 is 5.97 Å². The summed E-state index contributed by atoms with van der Waals surface area (Å²) in [5.41, 5.74) is 4.25. The number of carboxylic acid groups (broad SMARTS) is 1. The Kier molecular flexibility index (Phi) is 7.60. The molecule has 31 heavy (non-hydrogen) atoms. The van der Waals surface area contributed by atoms with Crippen molar-refractivity contribution in [2.24, 2.45) is 4.99 Å². The van der Waals surface area contributed by atoms with E-state index in [4.69, 9.17) is 0 Å². The second kappa shape index (κ2) is 10.8. The third kappa shape index (κ3) is 6.06. The average Bonchev–Trinajstić information content (AvgIpc) is 2.78. The molecule has 0 aliphatic heterocycles. The van der Waals surface area contributed by atoms with Gasteiger partial charge < -0.3 is 10.0 Å². The highest BCUT2D eigenvalue weighted by Crippen LogP contribution is 2.03. The highest BCUT2D eigenvalue weighted by atomic mass is 16.4. The van der Waals surface area contributed by atoms with Gasteiger partial charge in [0.05, 0.1) is 0 Å². The van der Waals surface area contributed by atoms with Gasteiger partial charge in [-0.1, -0.05) is 101 Å². The van der Waals surface area contributed by atoms with Crippen molar-refractivity contribution in [1.29, 1.82) is 0 Å². The summed E-state index contributed by atoms with van der Waals surface area (Å²) < 4.78 is 0. The van der Waals surface area contributed by atoms with E-state index in [0.717, 1.165) is 22.0 Å². The largest absolute Gasteiger partial charge is 0.477 e. The van der Waals surface area contributed by atoms with Crippen molar-refractivity contribution < 1.29 is 9.90 Å². The van der Waals surface area contributed by atoms with Gasteiger partial charge in [0.25, 0.3) is 0 Å². The molecule has 0 atom stereocenters. The van der Waals surface area contributed by atoms with Gasteiger partial charge in [-0.25, -0.2) is 9.79 Å². The maximum absolute atomic E-state index is 11.6. The van der Waals surface area contributed by atoms with Crippen LogP contribution in [0.5, 0.6) is 0 Å². The van der Waals surface area contributed by atoms with Gasteiger partial charge in [-0.3, -0.25) is 0 Å². The molecule has 0 unspecified atom stereocenters. The Bertz CT molecular complexity index is 1050. The fraction of sp³-hybridized carbons (Fsp3) is 0.0769. The number of allylic oxidation sites excluding steroid dienone is 2. The highest BCUT2D eigenvalue weighted by molar-refractivity contribution is 6.96. The topological polar surface area (TPSA) is 52.9 Å². The van der Waals surface area contributed by atoms with Gasteiger partial charge in [0.15, 0.2) is 0 Å². The summed E-state index contributed by atoms with van der Waals surface area (Å²) in [6, 6.07) is 28.6. The summed E-state index contributed by atoms with van der Waals surface area (Å²) in [4.78, 5) is 17.7. The predicted octanol–water partition coefficient (Wildman–Crippen LogP) is 2.67. The first-order chi connectivity index (χ1) is 15.1. The molecule has 0 heterocycles. The number of hydrogen-bond donors (Lipinski definition) is 1. The molecular formula is C26H25BN2O2. The van der Waals surface area contributed by atoms with Gasteiger partial charge in [0.2, 0.25) is 6.71 Å². The summed E-state index contributed by atoms with van der Waals surface area (Å²) in [5, 5.41) is 9.52. The van der Waals surface area contributed by atoms with Crippen LogP contribution >= 0.6 is 0 Å². The van der Waals surface area contributed by atoms with Crippen LogP contribution in [0.25, 0.3) is 0 Å². The van der Waals surface area contributed by atoms with E-state index in [9.17, 15) is 9.90 Å². The smallest absolute Gasteiger partial charge is 0.354 e. The molecule has 0 bridgehead atoms. The monoisotopic (exact) mass is 408 g/mol. The molecule has 3 aromatic carbocycles. The zero-order valence-electron chi connectivity index (χ0n) is 17.7. The van der Waals surface area contributed by atoms with E-state index in [1.807, 2.05) is 73.6 Å². The molecule has 0 amide bonds. The lowest BCUT2D eigenvalue weighted by molar-refractivity contribution is -0.132. The van der Waals surface area contributed by atoms with Gasteiger partial charge in [0, 0.05) is 20.3 Å². The second-order valence-corrected chi connectivity index (χ2v) is 7.30. The van der Waals surface area contributed by atoms with Crippen LogP contribution in [0.2, 0.25) is 0 Å². The molecule has 0 aliphatic carbocycles. The summed E-state index contributed by atoms with van der Waals surface area (Å²) in [6.45, 7) is 0.0101. The lowest BCUT2D eigenvalue weighted by atomic mass is 9.36. The van der Waals surface area contributed by atoms with Crippen molar-refractivity contribution in [2.45, 2.75) is 0 Å². The first kappa shape index (κ1) is 21.8. The van der Waals surface area contributed by atoms with Crippen LogP contribution in [0.3, 0.4) is 0 Å². The molecule has 3 rings (SSSR count). The number of hydrogen-bond acceptors (Lipinski definition) is 3. The number of nitrogens with zero attached hydrogens (tertiary/aromatic N) is 2. The number of carbonyl (C=O) groups is 1. The molecular weight excluding hydrogens is 383 g/mol. The van der Waals surface area contributed by atoms with Crippen molar-refractivity contribution >= 4 is 35.3 Å². The number of aliphatic carboxylic acids is 1. The quantitative estimate of drug-likeness (QED) is 0.270. The van der Waals surface area contributed by atoms with Crippen molar-refractivity contribution in [1.82, 2.24) is 4.90 Å². The zero-order valence-corrected chi connectivity index (χ0v) is 17.7. The Labute approximate surface area is 184 Å². The molecule has 0 saturated heterocycles. The Balaban J connectivity index is 2.05. The van der Waals surface area contributed by atoms with E-state index in [-0.39, 0.29) is 12.4 Å². The molecule has 0 fully saturated rings. The average molecular weight is 408 g/mol. The van der Waals surface area contributed by atoms with Crippen LogP contribution in [-0.2, 0) is 4.79 Å². The third-order valence-corrected chi connectivity index (χ3v) is 4.77. The van der Waals surface area contributed by atoms with E-state index in [1.54, 1.807) is 18.5 Å². The number of rotatable bonds is 8. The molecule has 0 aliphatic rings. The van der Waals surface area contributed by atoms with Crippen LogP contribution in [0, 0.1) is 0 Å². The second-order valence-electron chi connectivity index (χ2n) is 7.30. The molecule has 154 valence electrons. The Hall–Kier alpha value is -3.86. The van der Waals surface area contributed by atoms with Crippen molar-refractivity contribution in [2.75, 3.05) is 14.1 Å². The van der Waals surface area contributed by atoms with Crippen molar-refractivity contribution in [3.63, 3.8) is 0 Å². The van der Waals surface area contributed by atoms with Gasteiger partial charge in [-0.2, -0.15) is 0 Å². The minimum absolute atomic E-state index is 0.0101. The zero-order chi connectivity index (χ0) is 22.1. The maximum atomic E-state index is 11.6. The number of benzene rings is 3. The fourth-order valence-corrected chi connectivity index (χ4v) is 3.35. The SMILES string of the molecule is CN(C)C=CC=C(N=Cc1ccccc1B(c1ccccc1)c1ccccc1)C(=O)O. The lowest BCUT2D eigenvalue weighted by Gasteiger charge is -2.17. The van der Waals surface area contributed by atoms with E-state index in [0.29, 0.717) is 0 Å². The molecule has 0 spiro atoms. The van der Waals surface area contributed by atoms with Crippen LogP contribution in [0.1, 0.15) is 5.56 Å². The van der Waals surface area contributed by atoms with Crippen LogP contribution < -0.4 is 16.4 Å². The van der Waals surface area contributed by atoms with Gasteiger partial charge in [-0.15, -0.1) is 0 Å². The Morgan fingerprint density at radius 3 is 1.97 bits per heavy atom. The van der Waals surface area contributed by atoms with Gasteiger partial charge in [0.1, 0.15) is 5.70 Å². The highest BCUT2D eigenvalue weighted by Gasteiger charge is 2.23. The third-order valence-electron chi connectivity index (χ3n) is 4.77. The maximum Gasteiger partial charge on any atom is 0.354 e. The standard InChI is InChI=1S/C26H25BN2O2/c1-29(2)19-11-18-25(26(30)31)28-20-21-12-9-10-17-24(21)27(22-13-5-3-6-14-22)23-15-7-4-8-16-23/h3-20H,1-2H3,(H,30,31). The Morgan fingerprint density at radius 1 is 0.871 bits per heavy atom. The molecule has 3 aromatic rings. The van der Waals surface area contributed by atoms with Crippen molar-refractivity contribution in [3.8, 4) is 0 Å². The number of aliphatic imine (C=N–C) groups is 1. The van der Waals surface area contributed by atoms with E-state index in [2.05, 4.69) is 35.3 Å². The van der Waals surface area contributed by atoms with Gasteiger partial charge in [-0.05, 0) is 23.9 Å². The normalized spacial score (nSPS) is 11.7.